The minimum Gasteiger partial charge on any atom is -0.550 e. The van der Waals surface area contributed by atoms with E-state index in [9.17, 15) is 38.8 Å². The number of halogens is 2. The molecule has 0 aliphatic carbocycles. The fourth-order valence-electron chi connectivity index (χ4n) is 5.29. The monoisotopic (exact) mass is 614 g/mol. The zero-order valence-electron chi connectivity index (χ0n) is 24.8. The predicted octanol–water partition coefficient (Wildman–Crippen LogP) is 1.83. The molecule has 3 aromatic carbocycles. The Morgan fingerprint density at radius 1 is 0.886 bits per heavy atom. The van der Waals surface area contributed by atoms with Crippen molar-refractivity contribution >= 4 is 17.6 Å². The average molecular weight is 615 g/mol. The van der Waals surface area contributed by atoms with Gasteiger partial charge in [0.15, 0.2) is 0 Å². The number of anilines is 1. The van der Waals surface area contributed by atoms with E-state index in [0.29, 0.717) is 33.6 Å². The third kappa shape index (κ3) is 8.55. The van der Waals surface area contributed by atoms with Crippen LogP contribution in [0.3, 0.4) is 0 Å². The molecule has 44 heavy (non-hydrogen) atoms. The molecule has 4 aromatic rings. The maximum absolute atomic E-state index is 14.1. The summed E-state index contributed by atoms with van der Waals surface area (Å²) in [5.41, 5.74) is 3.32. The summed E-state index contributed by atoms with van der Waals surface area (Å²) in [6.07, 6.45) is -2.90. The Labute approximate surface area is 276 Å². The number of benzene rings is 3. The van der Waals surface area contributed by atoms with Crippen molar-refractivity contribution in [2.45, 2.75) is 57.8 Å². The van der Waals surface area contributed by atoms with E-state index in [0.717, 1.165) is 0 Å². The van der Waals surface area contributed by atoms with Crippen molar-refractivity contribution in [1.29, 1.82) is 0 Å². The second-order valence-electron chi connectivity index (χ2n) is 10.7. The number of amides is 1. The number of aromatic hydroxyl groups is 1. The van der Waals surface area contributed by atoms with Gasteiger partial charge in [0.25, 0.3) is 5.91 Å². The Bertz CT molecular complexity index is 1590. The molecule has 2 atom stereocenters. The van der Waals surface area contributed by atoms with Gasteiger partial charge in [-0.25, -0.2) is 8.78 Å². The number of hydrogen-bond acceptors (Lipinski definition) is 6. The topological polar surface area (TPSA) is 135 Å². The van der Waals surface area contributed by atoms with E-state index in [2.05, 4.69) is 5.32 Å². The minimum absolute atomic E-state index is 0. The Morgan fingerprint density at radius 2 is 1.45 bits per heavy atom. The molecule has 0 aliphatic rings. The molecule has 0 saturated carbocycles. The van der Waals surface area contributed by atoms with Gasteiger partial charge >= 0.3 is 29.6 Å². The number of aromatic nitrogens is 1. The zero-order valence-corrected chi connectivity index (χ0v) is 26.8. The molecule has 1 heterocycles. The number of carboxylic acids is 1. The Balaban J connectivity index is 0.00000529. The third-order valence-corrected chi connectivity index (χ3v) is 7.07. The third-order valence-electron chi connectivity index (χ3n) is 7.07. The number of rotatable bonds is 12. The quantitative estimate of drug-likeness (QED) is 0.180. The number of carbonyl (C=O) groups excluding carboxylic acids is 2. The molecule has 0 saturated heterocycles. The van der Waals surface area contributed by atoms with Crippen LogP contribution < -0.4 is 40.0 Å². The van der Waals surface area contributed by atoms with Crippen LogP contribution in [-0.4, -0.2) is 44.0 Å². The van der Waals surface area contributed by atoms with Crippen molar-refractivity contribution in [2.24, 2.45) is 0 Å². The summed E-state index contributed by atoms with van der Waals surface area (Å²) in [6, 6.07) is 17.1. The van der Waals surface area contributed by atoms with Crippen LogP contribution in [0.5, 0.6) is 5.75 Å². The van der Waals surface area contributed by atoms with E-state index in [1.165, 1.54) is 36.4 Å². The Morgan fingerprint density at radius 3 is 1.98 bits per heavy atom. The van der Waals surface area contributed by atoms with E-state index < -0.39 is 42.1 Å². The van der Waals surface area contributed by atoms with Gasteiger partial charge in [0, 0.05) is 47.0 Å². The minimum atomic E-state index is -1.43. The van der Waals surface area contributed by atoms with Crippen molar-refractivity contribution in [2.75, 3.05) is 5.32 Å². The largest absolute Gasteiger partial charge is 1.00 e. The van der Waals surface area contributed by atoms with Crippen LogP contribution in [0.4, 0.5) is 14.5 Å². The van der Waals surface area contributed by atoms with Gasteiger partial charge in [0.2, 0.25) is 0 Å². The Hall–Kier alpha value is -3.54. The summed E-state index contributed by atoms with van der Waals surface area (Å²) in [7, 11) is 0. The standard InChI is InChI=1S/C33H34F2N2O6.Na/c1-19(2)37-28(15-14-26(39)17-27(40)18-29(41)42)30(20-6-10-22(34)11-7-20)31(21-8-12-23(35)13-9-21)32(37)33(43)36-24-4-3-5-25(38)16-24;/h3-13,16,19,26-27,38-40H,14-15,17-18H2,1-2H3,(H,36,43)(H,41,42);/q;+1/p-1/t26-,27-;/m1./s1. The van der Waals surface area contributed by atoms with Crippen LogP contribution in [0.15, 0.2) is 72.8 Å². The van der Waals surface area contributed by atoms with Crippen molar-refractivity contribution in [3.63, 3.8) is 0 Å². The molecule has 8 nitrogen and oxygen atoms in total. The fourth-order valence-corrected chi connectivity index (χ4v) is 5.29. The van der Waals surface area contributed by atoms with Gasteiger partial charge < -0.3 is 35.1 Å². The molecule has 0 fully saturated rings. The number of phenols is 1. The SMILES string of the molecule is CC(C)n1c(CC[C@@H](O)C[C@@H](O)CC(=O)[O-])c(-c2ccc(F)cc2)c(-c2ccc(F)cc2)c1C(=O)Nc1cccc(O)c1.[Na+]. The maximum Gasteiger partial charge on any atom is 1.00 e. The van der Waals surface area contributed by atoms with Gasteiger partial charge in [-0.1, -0.05) is 30.3 Å². The number of carboxylic acid groups (broad SMARTS) is 1. The number of aliphatic carboxylic acids is 1. The van der Waals surface area contributed by atoms with E-state index >= 15 is 0 Å². The van der Waals surface area contributed by atoms with Crippen LogP contribution in [0.2, 0.25) is 0 Å². The maximum atomic E-state index is 14.1. The number of phenolic OH excluding ortho intramolecular Hbond substituents is 1. The van der Waals surface area contributed by atoms with Crippen molar-refractivity contribution in [1.82, 2.24) is 4.57 Å². The van der Waals surface area contributed by atoms with Crippen molar-refractivity contribution in [3.05, 3.63) is 95.8 Å². The number of hydrogen-bond donors (Lipinski definition) is 4. The molecule has 1 amide bonds. The summed E-state index contributed by atoms with van der Waals surface area (Å²) in [6.45, 7) is 3.75. The molecule has 0 aliphatic heterocycles. The fraction of sp³-hybridized carbons (Fsp3) is 0.273. The normalized spacial score (nSPS) is 12.4. The molecule has 4 N–H and O–H groups in total. The first-order valence-corrected chi connectivity index (χ1v) is 13.9. The van der Waals surface area contributed by atoms with Crippen LogP contribution in [-0.2, 0) is 11.2 Å². The number of aliphatic hydroxyl groups excluding tert-OH is 2. The van der Waals surface area contributed by atoms with Gasteiger partial charge in [0.05, 0.1) is 12.2 Å². The van der Waals surface area contributed by atoms with Gasteiger partial charge in [-0.15, -0.1) is 0 Å². The van der Waals surface area contributed by atoms with E-state index in [-0.39, 0.29) is 66.3 Å². The predicted molar refractivity (Wildman–Crippen MR) is 156 cm³/mol. The molecule has 0 unspecified atom stereocenters. The molecule has 1 aromatic heterocycles. The summed E-state index contributed by atoms with van der Waals surface area (Å²) in [4.78, 5) is 24.9. The first kappa shape index (κ1) is 34.9. The molecule has 226 valence electrons. The molecular formula is C33H33F2N2NaO6. The molecule has 11 heteroatoms. The average Bonchev–Trinajstić information content (AvgIpc) is 3.28. The van der Waals surface area contributed by atoms with Gasteiger partial charge in [0.1, 0.15) is 23.1 Å². The van der Waals surface area contributed by atoms with E-state index in [1.54, 1.807) is 41.0 Å². The number of nitrogens with one attached hydrogen (secondary N) is 1. The van der Waals surface area contributed by atoms with Crippen LogP contribution in [0.25, 0.3) is 22.3 Å². The van der Waals surface area contributed by atoms with Crippen LogP contribution >= 0.6 is 0 Å². The molecule has 0 radical (unpaired) electrons. The molecule has 0 spiro atoms. The van der Waals surface area contributed by atoms with Gasteiger partial charge in [-0.05, 0) is 80.6 Å². The summed E-state index contributed by atoms with van der Waals surface area (Å²) in [5.74, 6) is -2.93. The van der Waals surface area contributed by atoms with Crippen LogP contribution in [0, 0.1) is 11.6 Å². The molecular weight excluding hydrogens is 581 g/mol. The number of carbonyl (C=O) groups is 2. The van der Waals surface area contributed by atoms with Crippen molar-refractivity contribution < 1.29 is 68.4 Å². The summed E-state index contributed by atoms with van der Waals surface area (Å²) >= 11 is 0. The van der Waals surface area contributed by atoms with Gasteiger partial charge in [-0.2, -0.15) is 0 Å². The Kier molecular flexibility index (Phi) is 12.3. The summed E-state index contributed by atoms with van der Waals surface area (Å²) < 4.78 is 29.8. The first-order chi connectivity index (χ1) is 20.4. The van der Waals surface area contributed by atoms with Gasteiger partial charge in [-0.3, -0.25) is 4.79 Å². The number of nitrogens with zero attached hydrogens (tertiary/aromatic N) is 1. The van der Waals surface area contributed by atoms with E-state index in [1.807, 2.05) is 13.8 Å². The number of aliphatic hydroxyl groups is 2. The second-order valence-corrected chi connectivity index (χ2v) is 10.7. The van der Waals surface area contributed by atoms with Crippen LogP contribution in [0.1, 0.15) is 55.3 Å². The summed E-state index contributed by atoms with van der Waals surface area (Å²) in [5, 5.41) is 44.4. The molecule has 4 rings (SSSR count). The second kappa shape index (κ2) is 15.5. The first-order valence-electron chi connectivity index (χ1n) is 13.9. The smallest absolute Gasteiger partial charge is 0.550 e. The van der Waals surface area contributed by atoms with E-state index in [4.69, 9.17) is 0 Å². The zero-order chi connectivity index (χ0) is 31.3. The van der Waals surface area contributed by atoms with Crippen molar-refractivity contribution in [3.8, 4) is 28.0 Å². The molecule has 0 bridgehead atoms.